The van der Waals surface area contributed by atoms with Gasteiger partial charge in [-0.1, -0.05) is 26.0 Å². The molecule has 9 atom stereocenters. The highest BCUT2D eigenvalue weighted by molar-refractivity contribution is 5.89. The molecule has 0 spiro atoms. The summed E-state index contributed by atoms with van der Waals surface area (Å²) >= 11 is 0. The molecule has 1 aliphatic heterocycles. The zero-order valence-electron chi connectivity index (χ0n) is 30.8. The first-order chi connectivity index (χ1) is 25.4. The van der Waals surface area contributed by atoms with Crippen LogP contribution in [0.2, 0.25) is 0 Å². The van der Waals surface area contributed by atoms with E-state index in [0.29, 0.717) is 30.4 Å². The SMILES string of the molecule is COC(OC1CCC2(C)C(CC(OC(=O)c3ccc(C#N)cc3)C3(C)Oc4cc(-c5cccnc5)oc(=O)c4C(O)C23)C1C)c1ccc(N(C)C)cc1. The normalized spacial score (nSPS) is 29.3. The number of aliphatic hydroxyl groups is 1. The summed E-state index contributed by atoms with van der Waals surface area (Å²) < 4.78 is 31.6. The third kappa shape index (κ3) is 6.39. The van der Waals surface area contributed by atoms with E-state index in [2.05, 4.69) is 24.9 Å². The number of ether oxygens (including phenoxy) is 4. The van der Waals surface area contributed by atoms with Crippen LogP contribution in [0.15, 0.2) is 88.3 Å². The monoisotopic (exact) mass is 719 g/mol. The number of benzene rings is 2. The van der Waals surface area contributed by atoms with Crippen LogP contribution in [0, 0.1) is 34.5 Å². The van der Waals surface area contributed by atoms with Gasteiger partial charge in [0.2, 0.25) is 0 Å². The summed E-state index contributed by atoms with van der Waals surface area (Å²) in [7, 11) is 5.61. The van der Waals surface area contributed by atoms with Crippen LogP contribution in [-0.4, -0.2) is 55.1 Å². The fraction of sp³-hybridized carbons (Fsp3) is 0.429. The largest absolute Gasteiger partial charge is 0.482 e. The van der Waals surface area contributed by atoms with Crippen molar-refractivity contribution in [2.75, 3.05) is 26.1 Å². The Kier molecular flexibility index (Phi) is 9.66. The number of anilines is 1. The molecule has 2 aliphatic carbocycles. The second-order valence-corrected chi connectivity index (χ2v) is 15.2. The molecule has 53 heavy (non-hydrogen) atoms. The van der Waals surface area contributed by atoms with Gasteiger partial charge in [0, 0.05) is 62.4 Å². The molecule has 2 fully saturated rings. The smallest absolute Gasteiger partial charge is 0.345 e. The minimum Gasteiger partial charge on any atom is -0.482 e. The van der Waals surface area contributed by atoms with Gasteiger partial charge in [-0.05, 0) is 92.0 Å². The molecule has 0 saturated heterocycles. The molecule has 1 N–H and O–H groups in total. The highest BCUT2D eigenvalue weighted by Crippen LogP contribution is 2.65. The Morgan fingerprint density at radius 1 is 1.11 bits per heavy atom. The van der Waals surface area contributed by atoms with E-state index in [4.69, 9.17) is 23.4 Å². The molecule has 0 amide bonds. The van der Waals surface area contributed by atoms with Crippen molar-refractivity contribution < 1.29 is 33.3 Å². The summed E-state index contributed by atoms with van der Waals surface area (Å²) in [5.41, 5.74) is 0.798. The van der Waals surface area contributed by atoms with Gasteiger partial charge in [-0.3, -0.25) is 4.98 Å². The molecule has 3 heterocycles. The van der Waals surface area contributed by atoms with E-state index >= 15 is 0 Å². The molecule has 11 nitrogen and oxygen atoms in total. The van der Waals surface area contributed by atoms with Gasteiger partial charge >= 0.3 is 11.6 Å². The molecule has 0 radical (unpaired) electrons. The molecule has 7 rings (SSSR count). The summed E-state index contributed by atoms with van der Waals surface area (Å²) in [5.74, 6) is -0.988. The first kappa shape index (κ1) is 36.3. The summed E-state index contributed by atoms with van der Waals surface area (Å²) in [6.45, 7) is 6.14. The zero-order chi connectivity index (χ0) is 37.7. The number of rotatable bonds is 8. The second kappa shape index (κ2) is 14.1. The van der Waals surface area contributed by atoms with Crippen LogP contribution < -0.4 is 15.3 Å². The molecule has 0 bridgehead atoms. The van der Waals surface area contributed by atoms with Crippen molar-refractivity contribution in [2.24, 2.45) is 23.2 Å². The van der Waals surface area contributed by atoms with Gasteiger partial charge in [-0.15, -0.1) is 0 Å². The predicted octanol–water partition coefficient (Wildman–Crippen LogP) is 6.85. The number of methoxy groups -OCH3 is 1. The van der Waals surface area contributed by atoms with Gasteiger partial charge in [-0.2, -0.15) is 5.26 Å². The van der Waals surface area contributed by atoms with Crippen LogP contribution >= 0.6 is 0 Å². The van der Waals surface area contributed by atoms with Crippen molar-refractivity contribution in [1.82, 2.24) is 4.98 Å². The van der Waals surface area contributed by atoms with Crippen LogP contribution in [0.1, 0.15) is 79.5 Å². The van der Waals surface area contributed by atoms with Gasteiger partial charge in [-0.25, -0.2) is 9.59 Å². The first-order valence-electron chi connectivity index (χ1n) is 18.0. The van der Waals surface area contributed by atoms with E-state index in [1.54, 1.807) is 62.0 Å². The molecular formula is C42H45N3O8. The Bertz CT molecular complexity index is 2060. The molecular weight excluding hydrogens is 674 g/mol. The maximum absolute atomic E-state index is 13.8. The van der Waals surface area contributed by atoms with Gasteiger partial charge < -0.3 is 33.4 Å². The molecule has 3 aliphatic rings. The van der Waals surface area contributed by atoms with Crippen LogP contribution in [-0.2, 0) is 14.2 Å². The standard InChI is InChI=1S/C42H45N3O8/c1-24-30-20-34(52-38(47)26-11-9-25(22-43)10-12-26)42(3)37(36(46)35-33(53-42)21-32(50-39(35)48)28-8-7-19-44-23-28)41(30,2)18-17-31(24)51-40(49-6)27-13-15-29(16-14-27)45(4)5/h7-16,19,21,23-24,30-31,34,36-37,40,46H,17-18,20H2,1-6H3. The Labute approximate surface area is 309 Å². The van der Waals surface area contributed by atoms with Crippen molar-refractivity contribution in [3.63, 3.8) is 0 Å². The van der Waals surface area contributed by atoms with E-state index in [1.807, 2.05) is 50.2 Å². The number of fused-ring (bicyclic) bond motifs is 4. The third-order valence-electron chi connectivity index (χ3n) is 12.0. The Morgan fingerprint density at radius 3 is 2.49 bits per heavy atom. The van der Waals surface area contributed by atoms with Crippen LogP contribution in [0.5, 0.6) is 5.75 Å². The van der Waals surface area contributed by atoms with Gasteiger partial charge in [0.05, 0.1) is 29.4 Å². The number of carbonyl (C=O) groups is 1. The predicted molar refractivity (Wildman–Crippen MR) is 196 cm³/mol. The van der Waals surface area contributed by atoms with E-state index in [-0.39, 0.29) is 40.6 Å². The van der Waals surface area contributed by atoms with Crippen molar-refractivity contribution in [3.8, 4) is 23.1 Å². The lowest BCUT2D eigenvalue weighted by Gasteiger charge is -2.64. The Balaban J connectivity index is 1.26. The molecule has 2 aromatic heterocycles. The molecule has 9 unspecified atom stereocenters. The number of aliphatic hydroxyl groups excluding tert-OH is 1. The van der Waals surface area contributed by atoms with Crippen LogP contribution in [0.3, 0.4) is 0 Å². The lowest BCUT2D eigenvalue weighted by Crippen LogP contribution is -2.69. The minimum absolute atomic E-state index is 0.0470. The third-order valence-corrected chi connectivity index (χ3v) is 12.0. The molecule has 2 aromatic carbocycles. The minimum atomic E-state index is -1.28. The zero-order valence-corrected chi connectivity index (χ0v) is 30.8. The van der Waals surface area contributed by atoms with Gasteiger partial charge in [0.25, 0.3) is 0 Å². The topological polar surface area (TPSA) is 144 Å². The van der Waals surface area contributed by atoms with Crippen LogP contribution in [0.4, 0.5) is 5.69 Å². The quantitative estimate of drug-likeness (QED) is 0.151. The highest BCUT2D eigenvalue weighted by atomic mass is 16.7. The Morgan fingerprint density at radius 2 is 1.85 bits per heavy atom. The number of carbonyl (C=O) groups excluding carboxylic acids is 1. The molecule has 11 heteroatoms. The number of esters is 1. The van der Waals surface area contributed by atoms with E-state index in [1.165, 1.54) is 0 Å². The summed E-state index contributed by atoms with van der Waals surface area (Å²) in [5, 5.41) is 21.7. The van der Waals surface area contributed by atoms with Crippen LogP contribution in [0.25, 0.3) is 11.3 Å². The highest BCUT2D eigenvalue weighted by Gasteiger charge is 2.68. The number of pyridine rings is 1. The lowest BCUT2D eigenvalue weighted by molar-refractivity contribution is -0.258. The Hall–Kier alpha value is -5.02. The van der Waals surface area contributed by atoms with Crippen molar-refractivity contribution in [3.05, 3.63) is 112 Å². The summed E-state index contributed by atoms with van der Waals surface area (Å²) in [6, 6.07) is 21.5. The van der Waals surface area contributed by atoms with Crippen molar-refractivity contribution in [1.29, 1.82) is 5.26 Å². The van der Waals surface area contributed by atoms with Crippen molar-refractivity contribution >= 4 is 11.7 Å². The number of hydrogen-bond acceptors (Lipinski definition) is 11. The number of nitriles is 1. The first-order valence-corrected chi connectivity index (χ1v) is 18.0. The van der Waals surface area contributed by atoms with E-state index in [0.717, 1.165) is 11.3 Å². The number of aromatic nitrogens is 1. The van der Waals surface area contributed by atoms with E-state index in [9.17, 15) is 20.0 Å². The summed E-state index contributed by atoms with van der Waals surface area (Å²) in [6.07, 6.45) is 2.01. The maximum atomic E-state index is 13.8. The maximum Gasteiger partial charge on any atom is 0.345 e. The molecule has 276 valence electrons. The fourth-order valence-electron chi connectivity index (χ4n) is 9.23. The van der Waals surface area contributed by atoms with Crippen molar-refractivity contribution in [2.45, 2.75) is 70.2 Å². The molecule has 2 saturated carbocycles. The number of nitrogens with zero attached hydrogens (tertiary/aromatic N) is 3. The summed E-state index contributed by atoms with van der Waals surface area (Å²) in [4.78, 5) is 33.7. The average molecular weight is 720 g/mol. The lowest BCUT2D eigenvalue weighted by atomic mass is 9.46. The average Bonchev–Trinajstić information content (AvgIpc) is 3.15. The van der Waals surface area contributed by atoms with E-state index < -0.39 is 47.0 Å². The van der Waals surface area contributed by atoms with Gasteiger partial charge in [0.15, 0.2) is 6.29 Å². The second-order valence-electron chi connectivity index (χ2n) is 15.2. The fourth-order valence-corrected chi connectivity index (χ4v) is 9.23. The molecule has 4 aromatic rings. The number of hydrogen-bond donors (Lipinski definition) is 1. The van der Waals surface area contributed by atoms with Gasteiger partial charge in [0.1, 0.15) is 28.8 Å².